The Hall–Kier alpha value is -2.51. The normalized spacial score (nSPS) is 10.8. The van der Waals surface area contributed by atoms with Crippen molar-refractivity contribution in [1.29, 1.82) is 0 Å². The Morgan fingerprint density at radius 2 is 1.18 bits per heavy atom. The van der Waals surface area contributed by atoms with Crippen LogP contribution in [0, 0.1) is 13.8 Å². The third-order valence-electron chi connectivity index (χ3n) is 6.26. The third-order valence-corrected chi connectivity index (χ3v) is 7.47. The predicted octanol–water partition coefficient (Wildman–Crippen LogP) is 8.34. The summed E-state index contributed by atoms with van der Waals surface area (Å²) in [5, 5.41) is 1.31. The number of hydrogen-bond donors (Lipinski definition) is 0. The summed E-state index contributed by atoms with van der Waals surface area (Å²) < 4.78 is 23.5. The fourth-order valence-corrected chi connectivity index (χ4v) is 5.62. The molecule has 38 heavy (non-hydrogen) atoms. The standard InChI is InChI=1S/C31H36Br2O5/c1-7-37-28(34)10-9-21-15-26(24-13-19(3)11-22(17-32)29(24)35-5)31(38-8-2)27(16-21)25-14-20(4)12-23(18-33)30(25)36-6/h11-16H,7-10,17-18H2,1-6H3. The highest BCUT2D eigenvalue weighted by Crippen LogP contribution is 2.48. The molecule has 0 radical (unpaired) electrons. The summed E-state index contributed by atoms with van der Waals surface area (Å²) in [5.74, 6) is 2.12. The molecular formula is C31H36Br2O5. The van der Waals surface area contributed by atoms with Crippen molar-refractivity contribution in [3.05, 3.63) is 64.2 Å². The lowest BCUT2D eigenvalue weighted by atomic mass is 9.89. The zero-order valence-electron chi connectivity index (χ0n) is 23.0. The second-order valence-corrected chi connectivity index (χ2v) is 10.2. The molecule has 0 amide bonds. The maximum atomic E-state index is 12.3. The molecule has 3 rings (SSSR count). The fraction of sp³-hybridized carbons (Fsp3) is 0.387. The second-order valence-electron chi connectivity index (χ2n) is 9.04. The number of carbonyl (C=O) groups is 1. The van der Waals surface area contributed by atoms with Gasteiger partial charge in [0.05, 0.1) is 27.4 Å². The van der Waals surface area contributed by atoms with Crippen molar-refractivity contribution < 1.29 is 23.7 Å². The summed E-state index contributed by atoms with van der Waals surface area (Å²) in [5.41, 5.74) is 9.05. The molecule has 0 atom stereocenters. The average Bonchev–Trinajstić information content (AvgIpc) is 2.91. The lowest BCUT2D eigenvalue weighted by Gasteiger charge is -2.22. The Bertz CT molecular complexity index is 1200. The van der Waals surface area contributed by atoms with Crippen LogP contribution >= 0.6 is 31.9 Å². The van der Waals surface area contributed by atoms with Crippen LogP contribution in [0.2, 0.25) is 0 Å². The monoisotopic (exact) mass is 646 g/mol. The Labute approximate surface area is 243 Å². The van der Waals surface area contributed by atoms with Gasteiger partial charge in [-0.25, -0.2) is 0 Å². The highest BCUT2D eigenvalue weighted by molar-refractivity contribution is 9.08. The third kappa shape index (κ3) is 6.73. The zero-order valence-corrected chi connectivity index (χ0v) is 26.2. The molecule has 0 saturated carbocycles. The van der Waals surface area contributed by atoms with E-state index in [0.717, 1.165) is 67.3 Å². The number of alkyl halides is 2. The van der Waals surface area contributed by atoms with Gasteiger partial charge in [0, 0.05) is 50.5 Å². The fourth-order valence-electron chi connectivity index (χ4n) is 4.79. The van der Waals surface area contributed by atoms with E-state index in [1.54, 1.807) is 14.2 Å². The Kier molecular flexibility index (Phi) is 11.1. The molecule has 0 aromatic heterocycles. The van der Waals surface area contributed by atoms with E-state index >= 15 is 0 Å². The van der Waals surface area contributed by atoms with E-state index in [4.69, 9.17) is 18.9 Å². The van der Waals surface area contributed by atoms with Crippen molar-refractivity contribution in [2.75, 3.05) is 27.4 Å². The minimum atomic E-state index is -0.214. The van der Waals surface area contributed by atoms with Gasteiger partial charge in [0.25, 0.3) is 0 Å². The largest absolute Gasteiger partial charge is 0.496 e. The highest BCUT2D eigenvalue weighted by atomic mass is 79.9. The van der Waals surface area contributed by atoms with Gasteiger partial charge in [-0.05, 0) is 75.1 Å². The number of hydrogen-bond acceptors (Lipinski definition) is 5. The van der Waals surface area contributed by atoms with E-state index in [-0.39, 0.29) is 12.4 Å². The number of benzene rings is 3. The Morgan fingerprint density at radius 3 is 1.58 bits per heavy atom. The average molecular weight is 648 g/mol. The molecule has 0 spiro atoms. The smallest absolute Gasteiger partial charge is 0.306 e. The van der Waals surface area contributed by atoms with E-state index in [1.165, 1.54) is 0 Å². The van der Waals surface area contributed by atoms with Crippen LogP contribution in [0.1, 0.15) is 48.1 Å². The minimum absolute atomic E-state index is 0.214. The molecule has 3 aromatic carbocycles. The van der Waals surface area contributed by atoms with Gasteiger partial charge in [0.2, 0.25) is 0 Å². The van der Waals surface area contributed by atoms with Crippen LogP contribution in [0.15, 0.2) is 36.4 Å². The molecule has 3 aromatic rings. The van der Waals surface area contributed by atoms with Crippen LogP contribution in [-0.2, 0) is 26.6 Å². The van der Waals surface area contributed by atoms with Crippen molar-refractivity contribution >= 4 is 37.8 Å². The number of methoxy groups -OCH3 is 2. The van der Waals surface area contributed by atoms with Gasteiger partial charge >= 0.3 is 5.97 Å². The maximum absolute atomic E-state index is 12.3. The van der Waals surface area contributed by atoms with Crippen molar-refractivity contribution in [3.8, 4) is 39.5 Å². The maximum Gasteiger partial charge on any atom is 0.306 e. The van der Waals surface area contributed by atoms with E-state index in [1.807, 2.05) is 13.8 Å². The molecule has 7 heteroatoms. The molecule has 204 valence electrons. The number of rotatable bonds is 12. The Balaban J connectivity index is 2.41. The number of carbonyl (C=O) groups excluding carboxylic acids is 1. The number of esters is 1. The summed E-state index contributed by atoms with van der Waals surface area (Å²) in [6.07, 6.45) is 0.819. The molecule has 0 aliphatic rings. The van der Waals surface area contributed by atoms with Crippen molar-refractivity contribution in [2.24, 2.45) is 0 Å². The van der Waals surface area contributed by atoms with Crippen LogP contribution in [0.25, 0.3) is 22.3 Å². The van der Waals surface area contributed by atoms with Gasteiger partial charge < -0.3 is 18.9 Å². The zero-order chi connectivity index (χ0) is 27.8. The van der Waals surface area contributed by atoms with E-state index in [9.17, 15) is 4.79 Å². The first kappa shape index (κ1) is 30.0. The van der Waals surface area contributed by atoms with Crippen LogP contribution in [0.4, 0.5) is 0 Å². The van der Waals surface area contributed by atoms with E-state index in [0.29, 0.717) is 30.3 Å². The summed E-state index contributed by atoms with van der Waals surface area (Å²) in [6, 6.07) is 12.7. The van der Waals surface area contributed by atoms with Gasteiger partial charge in [0.1, 0.15) is 17.2 Å². The van der Waals surface area contributed by atoms with Gasteiger partial charge in [-0.1, -0.05) is 44.0 Å². The first-order valence-corrected chi connectivity index (χ1v) is 15.0. The lowest BCUT2D eigenvalue weighted by Crippen LogP contribution is -2.06. The lowest BCUT2D eigenvalue weighted by molar-refractivity contribution is -0.143. The topological polar surface area (TPSA) is 54.0 Å². The van der Waals surface area contributed by atoms with Gasteiger partial charge in [-0.15, -0.1) is 0 Å². The Morgan fingerprint density at radius 1 is 0.711 bits per heavy atom. The predicted molar refractivity (Wildman–Crippen MR) is 161 cm³/mol. The van der Waals surface area contributed by atoms with Crippen molar-refractivity contribution in [1.82, 2.24) is 0 Å². The number of halogens is 2. The highest BCUT2D eigenvalue weighted by Gasteiger charge is 2.23. The quantitative estimate of drug-likeness (QED) is 0.146. The van der Waals surface area contributed by atoms with Crippen LogP contribution < -0.4 is 14.2 Å². The first-order chi connectivity index (χ1) is 18.3. The summed E-state index contributed by atoms with van der Waals surface area (Å²) >= 11 is 7.24. The molecular weight excluding hydrogens is 612 g/mol. The molecule has 0 fully saturated rings. The van der Waals surface area contributed by atoms with Crippen LogP contribution in [0.5, 0.6) is 17.2 Å². The van der Waals surface area contributed by atoms with Gasteiger partial charge in [0.15, 0.2) is 0 Å². The van der Waals surface area contributed by atoms with Gasteiger partial charge in [-0.3, -0.25) is 4.79 Å². The molecule has 0 N–H and O–H groups in total. The molecule has 5 nitrogen and oxygen atoms in total. The molecule has 0 unspecified atom stereocenters. The summed E-state index contributed by atoms with van der Waals surface area (Å²) in [6.45, 7) is 8.81. The first-order valence-electron chi connectivity index (χ1n) is 12.7. The molecule has 0 heterocycles. The molecule has 0 aliphatic carbocycles. The molecule has 0 bridgehead atoms. The van der Waals surface area contributed by atoms with Gasteiger partial charge in [-0.2, -0.15) is 0 Å². The summed E-state index contributed by atoms with van der Waals surface area (Å²) in [7, 11) is 3.39. The van der Waals surface area contributed by atoms with Crippen molar-refractivity contribution in [3.63, 3.8) is 0 Å². The van der Waals surface area contributed by atoms with E-state index in [2.05, 4.69) is 82.1 Å². The van der Waals surface area contributed by atoms with Crippen LogP contribution in [-0.4, -0.2) is 33.4 Å². The van der Waals surface area contributed by atoms with Crippen molar-refractivity contribution in [2.45, 2.75) is 51.2 Å². The van der Waals surface area contributed by atoms with E-state index < -0.39 is 0 Å². The second kappa shape index (κ2) is 14.0. The van der Waals surface area contributed by atoms with Crippen LogP contribution in [0.3, 0.4) is 0 Å². The summed E-state index contributed by atoms with van der Waals surface area (Å²) in [4.78, 5) is 12.3. The minimum Gasteiger partial charge on any atom is -0.496 e. The molecule has 0 saturated heterocycles. The SMILES string of the molecule is CCOC(=O)CCc1cc(-c2cc(C)cc(CBr)c2OC)c(OCC)c(-c2cc(C)cc(CBr)c2OC)c1. The molecule has 0 aliphatic heterocycles. The number of aryl methyl sites for hydroxylation is 3. The number of ether oxygens (including phenoxy) is 4.